The highest BCUT2D eigenvalue weighted by Crippen LogP contribution is 2.34. The molecule has 0 N–H and O–H groups in total. The number of aromatic nitrogens is 2. The number of benzene rings is 2. The summed E-state index contributed by atoms with van der Waals surface area (Å²) >= 11 is 12.3. The normalized spacial score (nSPS) is 11.4. The van der Waals surface area contributed by atoms with Crippen LogP contribution in [-0.4, -0.2) is 22.7 Å². The number of pyridine rings is 1. The van der Waals surface area contributed by atoms with Crippen molar-refractivity contribution in [1.29, 1.82) is 0 Å². The van der Waals surface area contributed by atoms with E-state index in [1.54, 1.807) is 31.7 Å². The summed E-state index contributed by atoms with van der Waals surface area (Å²) in [5.41, 5.74) is 2.95. The van der Waals surface area contributed by atoms with Crippen molar-refractivity contribution in [3.8, 4) is 23.0 Å². The van der Waals surface area contributed by atoms with Gasteiger partial charge in [-0.1, -0.05) is 41.4 Å². The van der Waals surface area contributed by atoms with Crippen LogP contribution in [0.1, 0.15) is 11.1 Å². The molecular weight excluding hydrogens is 473 g/mol. The number of furan rings is 1. The van der Waals surface area contributed by atoms with Crippen LogP contribution in [0.2, 0.25) is 10.0 Å². The van der Waals surface area contributed by atoms with E-state index in [4.69, 9.17) is 47.1 Å². The van der Waals surface area contributed by atoms with Gasteiger partial charge in [-0.3, -0.25) is 4.40 Å². The smallest absolute Gasteiger partial charge is 0.170 e. The third kappa shape index (κ3) is 4.38. The molecule has 8 heteroatoms. The Bertz CT molecular complexity index is 1480. The molecule has 3 aromatic heterocycles. The maximum atomic E-state index is 6.32. The molecule has 170 valence electrons. The highest BCUT2D eigenvalue weighted by molar-refractivity contribution is 6.35. The van der Waals surface area contributed by atoms with E-state index in [0.29, 0.717) is 38.8 Å². The summed E-state index contributed by atoms with van der Waals surface area (Å²) in [6.45, 7) is 0.241. The lowest BCUT2D eigenvalue weighted by atomic mass is 10.2. The summed E-state index contributed by atoms with van der Waals surface area (Å²) in [6.07, 6.45) is 5.25. The Morgan fingerprint density at radius 3 is 2.76 bits per heavy atom. The molecule has 0 atom stereocenters. The maximum Gasteiger partial charge on any atom is 0.170 e. The third-order valence-corrected chi connectivity index (χ3v) is 5.79. The van der Waals surface area contributed by atoms with E-state index in [1.165, 1.54) is 0 Å². The molecule has 0 aliphatic heterocycles. The van der Waals surface area contributed by atoms with Crippen LogP contribution in [0.25, 0.3) is 17.1 Å². The van der Waals surface area contributed by atoms with Crippen molar-refractivity contribution in [1.82, 2.24) is 9.38 Å². The largest absolute Gasteiger partial charge is 0.493 e. The van der Waals surface area contributed by atoms with Crippen molar-refractivity contribution >= 4 is 40.9 Å². The van der Waals surface area contributed by atoms with Crippen molar-refractivity contribution in [3.05, 3.63) is 100 Å². The lowest BCUT2D eigenvalue weighted by Crippen LogP contribution is -2.01. The number of methoxy groups -OCH3 is 1. The van der Waals surface area contributed by atoms with Crippen LogP contribution in [0, 0.1) is 0 Å². The van der Waals surface area contributed by atoms with Gasteiger partial charge in [-0.25, -0.2) is 9.98 Å². The summed E-state index contributed by atoms with van der Waals surface area (Å²) in [7, 11) is 1.60. The predicted molar refractivity (Wildman–Crippen MR) is 134 cm³/mol. The predicted octanol–water partition coefficient (Wildman–Crippen LogP) is 7.24. The Labute approximate surface area is 206 Å². The van der Waals surface area contributed by atoms with Gasteiger partial charge in [0.2, 0.25) is 0 Å². The molecule has 0 spiro atoms. The van der Waals surface area contributed by atoms with Crippen LogP contribution < -0.4 is 9.47 Å². The van der Waals surface area contributed by atoms with Crippen LogP contribution >= 0.6 is 23.2 Å². The van der Waals surface area contributed by atoms with Crippen LogP contribution in [0.15, 0.2) is 88.6 Å². The average Bonchev–Trinajstić information content (AvgIpc) is 3.50. The molecule has 34 heavy (non-hydrogen) atoms. The molecular formula is C26H19Cl2N3O3. The van der Waals surface area contributed by atoms with Crippen LogP contribution in [0.5, 0.6) is 11.5 Å². The number of nitrogens with zero attached hydrogens (tertiary/aromatic N) is 3. The Hall–Kier alpha value is -3.74. The fourth-order valence-electron chi connectivity index (χ4n) is 3.55. The van der Waals surface area contributed by atoms with Gasteiger partial charge in [0.05, 0.1) is 13.4 Å². The summed E-state index contributed by atoms with van der Waals surface area (Å²) in [4.78, 5) is 9.47. The molecule has 0 radical (unpaired) electrons. The zero-order valence-electron chi connectivity index (χ0n) is 18.1. The van der Waals surface area contributed by atoms with E-state index in [-0.39, 0.29) is 6.61 Å². The van der Waals surface area contributed by atoms with Crippen molar-refractivity contribution in [2.24, 2.45) is 4.99 Å². The monoisotopic (exact) mass is 491 g/mol. The number of rotatable bonds is 7. The maximum absolute atomic E-state index is 6.32. The van der Waals surface area contributed by atoms with Gasteiger partial charge in [0, 0.05) is 33.6 Å². The van der Waals surface area contributed by atoms with Gasteiger partial charge in [0.1, 0.15) is 12.3 Å². The number of fused-ring (bicyclic) bond motifs is 1. The fraction of sp³-hybridized carbons (Fsp3) is 0.0769. The number of hydrogen-bond donors (Lipinski definition) is 0. The minimum Gasteiger partial charge on any atom is -0.493 e. The molecule has 2 aromatic carbocycles. The Kier molecular flexibility index (Phi) is 6.25. The second-order valence-corrected chi connectivity index (χ2v) is 8.20. The molecule has 0 unspecified atom stereocenters. The van der Waals surface area contributed by atoms with Crippen molar-refractivity contribution < 1.29 is 13.9 Å². The van der Waals surface area contributed by atoms with Crippen molar-refractivity contribution in [2.45, 2.75) is 6.61 Å². The highest BCUT2D eigenvalue weighted by atomic mass is 35.5. The Morgan fingerprint density at radius 1 is 1.06 bits per heavy atom. The fourth-order valence-corrected chi connectivity index (χ4v) is 4.02. The first-order valence-electron chi connectivity index (χ1n) is 10.4. The standard InChI is InChI=1S/C26H19Cl2N3O3/c1-32-22-7-4-6-17(25(22)34-16-18-10-11-19(27)14-20(18)28)15-29-26-24(21-8-5-13-33-21)30-23-9-2-3-12-31(23)26/h2-15H,16H2,1H3. The zero-order valence-corrected chi connectivity index (χ0v) is 19.6. The van der Waals surface area contributed by atoms with Crippen molar-refractivity contribution in [2.75, 3.05) is 7.11 Å². The van der Waals surface area contributed by atoms with Gasteiger partial charge >= 0.3 is 0 Å². The van der Waals surface area contributed by atoms with E-state index >= 15 is 0 Å². The van der Waals surface area contributed by atoms with E-state index in [9.17, 15) is 0 Å². The molecule has 0 bridgehead atoms. The number of imidazole rings is 1. The Balaban J connectivity index is 1.53. The quantitative estimate of drug-likeness (QED) is 0.225. The van der Waals surface area contributed by atoms with Crippen LogP contribution in [0.4, 0.5) is 5.82 Å². The highest BCUT2D eigenvalue weighted by Gasteiger charge is 2.16. The van der Waals surface area contributed by atoms with Crippen LogP contribution in [0.3, 0.4) is 0 Å². The first-order valence-corrected chi connectivity index (χ1v) is 11.2. The SMILES string of the molecule is COc1cccc(C=Nc2c(-c3ccco3)nc3ccccn23)c1OCc1ccc(Cl)cc1Cl. The first-order chi connectivity index (χ1) is 16.6. The zero-order chi connectivity index (χ0) is 23.5. The van der Waals surface area contributed by atoms with Gasteiger partial charge in [0.15, 0.2) is 28.8 Å². The number of para-hydroxylation sites is 1. The average molecular weight is 492 g/mol. The molecule has 0 aliphatic carbocycles. The van der Waals surface area contributed by atoms with Gasteiger partial charge in [-0.05, 0) is 48.5 Å². The molecule has 5 rings (SSSR count). The van der Waals surface area contributed by atoms with E-state index < -0.39 is 0 Å². The van der Waals surface area contributed by atoms with E-state index in [2.05, 4.69) is 0 Å². The molecule has 3 heterocycles. The number of hydrogen-bond acceptors (Lipinski definition) is 5. The minimum absolute atomic E-state index is 0.241. The molecule has 0 amide bonds. The molecule has 0 aliphatic rings. The number of aliphatic imine (C=N–C) groups is 1. The molecule has 0 saturated carbocycles. The second-order valence-electron chi connectivity index (χ2n) is 7.35. The summed E-state index contributed by atoms with van der Waals surface area (Å²) < 4.78 is 19.2. The number of ether oxygens (including phenoxy) is 2. The summed E-state index contributed by atoms with van der Waals surface area (Å²) in [5.74, 6) is 2.40. The van der Waals surface area contributed by atoms with Crippen LogP contribution in [-0.2, 0) is 6.61 Å². The van der Waals surface area contributed by atoms with Gasteiger partial charge in [-0.2, -0.15) is 0 Å². The minimum atomic E-state index is 0.241. The first kappa shape index (κ1) is 22.1. The van der Waals surface area contributed by atoms with Crippen molar-refractivity contribution in [3.63, 3.8) is 0 Å². The lowest BCUT2D eigenvalue weighted by molar-refractivity contribution is 0.284. The topological polar surface area (TPSA) is 61.3 Å². The second kappa shape index (κ2) is 9.63. The molecule has 0 saturated heterocycles. The van der Waals surface area contributed by atoms with E-state index in [0.717, 1.165) is 16.8 Å². The number of halogens is 2. The Morgan fingerprint density at radius 2 is 1.97 bits per heavy atom. The molecule has 0 fully saturated rings. The molecule has 5 aromatic rings. The summed E-state index contributed by atoms with van der Waals surface area (Å²) in [6, 6.07) is 20.4. The van der Waals surface area contributed by atoms with E-state index in [1.807, 2.05) is 65.2 Å². The summed E-state index contributed by atoms with van der Waals surface area (Å²) in [5, 5.41) is 1.10. The van der Waals surface area contributed by atoms with Gasteiger partial charge in [0.25, 0.3) is 0 Å². The van der Waals surface area contributed by atoms with Gasteiger partial charge in [-0.15, -0.1) is 0 Å². The third-order valence-electron chi connectivity index (χ3n) is 5.20. The molecule has 6 nitrogen and oxygen atoms in total. The van der Waals surface area contributed by atoms with Gasteiger partial charge < -0.3 is 13.9 Å². The lowest BCUT2D eigenvalue weighted by Gasteiger charge is -2.14.